The van der Waals surface area contributed by atoms with E-state index >= 15 is 0 Å². The van der Waals surface area contributed by atoms with Crippen molar-refractivity contribution in [3.63, 3.8) is 0 Å². The SMILES string of the molecule is C=CC(=O)OCCCc1ccc(-c2ccc(OCCC)cc2-c2ccc(-c3ccc(C=C)cc3)cc2)cc1. The van der Waals surface area contributed by atoms with E-state index in [0.717, 1.165) is 52.8 Å². The first-order chi connectivity index (χ1) is 18.6. The van der Waals surface area contributed by atoms with Crippen LogP contribution < -0.4 is 4.74 Å². The summed E-state index contributed by atoms with van der Waals surface area (Å²) < 4.78 is 11.1. The van der Waals surface area contributed by atoms with Gasteiger partial charge in [0.05, 0.1) is 13.2 Å². The lowest BCUT2D eigenvalue weighted by molar-refractivity contribution is -0.137. The van der Waals surface area contributed by atoms with Gasteiger partial charge >= 0.3 is 5.97 Å². The lowest BCUT2D eigenvalue weighted by Crippen LogP contribution is -2.02. The number of aryl methyl sites for hydroxylation is 1. The molecule has 0 fully saturated rings. The quantitative estimate of drug-likeness (QED) is 0.110. The van der Waals surface area contributed by atoms with E-state index in [2.05, 4.69) is 105 Å². The minimum Gasteiger partial charge on any atom is -0.494 e. The molecular weight excluding hydrogens is 468 g/mol. The van der Waals surface area contributed by atoms with Crippen LogP contribution in [0.5, 0.6) is 5.75 Å². The third kappa shape index (κ3) is 6.89. The van der Waals surface area contributed by atoms with Crippen LogP contribution in [0.25, 0.3) is 39.5 Å². The molecule has 4 aromatic carbocycles. The number of hydrogen-bond acceptors (Lipinski definition) is 3. The number of benzene rings is 4. The minimum absolute atomic E-state index is 0.377. The van der Waals surface area contributed by atoms with Crippen LogP contribution in [-0.2, 0) is 16.0 Å². The van der Waals surface area contributed by atoms with Crippen LogP contribution in [0.2, 0.25) is 0 Å². The number of carbonyl (C=O) groups excluding carboxylic acids is 1. The maximum absolute atomic E-state index is 11.2. The van der Waals surface area contributed by atoms with Gasteiger partial charge in [-0.1, -0.05) is 105 Å². The molecule has 0 aliphatic carbocycles. The van der Waals surface area contributed by atoms with Gasteiger partial charge in [-0.05, 0) is 75.9 Å². The molecule has 4 rings (SSSR count). The first kappa shape index (κ1) is 26.7. The van der Waals surface area contributed by atoms with Crippen LogP contribution in [0.4, 0.5) is 0 Å². The minimum atomic E-state index is -0.377. The molecule has 0 spiro atoms. The normalized spacial score (nSPS) is 10.6. The standard InChI is InChI=1S/C35H34O3/c1-4-23-37-32-21-22-33(30-15-11-27(12-16-30)8-7-24-38-35(36)6-3)34(25-32)31-19-17-29(18-20-31)28-13-9-26(5-2)10-14-28/h5-6,9-22,25H,2-4,7-8,23-24H2,1H3. The lowest BCUT2D eigenvalue weighted by atomic mass is 9.92. The smallest absolute Gasteiger partial charge is 0.330 e. The van der Waals surface area contributed by atoms with E-state index in [4.69, 9.17) is 9.47 Å². The van der Waals surface area contributed by atoms with E-state index < -0.39 is 0 Å². The van der Waals surface area contributed by atoms with Crippen molar-refractivity contribution in [3.05, 3.63) is 121 Å². The van der Waals surface area contributed by atoms with Crippen molar-refractivity contribution in [2.75, 3.05) is 13.2 Å². The van der Waals surface area contributed by atoms with Crippen LogP contribution in [0.15, 0.2) is 110 Å². The second-order valence-corrected chi connectivity index (χ2v) is 9.13. The molecule has 0 bridgehead atoms. The van der Waals surface area contributed by atoms with Crippen LogP contribution in [-0.4, -0.2) is 19.2 Å². The summed E-state index contributed by atoms with van der Waals surface area (Å²) in [6.45, 7) is 10.5. The largest absolute Gasteiger partial charge is 0.494 e. The lowest BCUT2D eigenvalue weighted by Gasteiger charge is -2.14. The van der Waals surface area contributed by atoms with Crippen molar-refractivity contribution in [2.24, 2.45) is 0 Å². The van der Waals surface area contributed by atoms with Gasteiger partial charge in [0.25, 0.3) is 0 Å². The van der Waals surface area contributed by atoms with Crippen molar-refractivity contribution < 1.29 is 14.3 Å². The maximum Gasteiger partial charge on any atom is 0.330 e. The topological polar surface area (TPSA) is 35.5 Å². The summed E-state index contributed by atoms with van der Waals surface area (Å²) in [6, 6.07) is 32.1. The zero-order valence-electron chi connectivity index (χ0n) is 22.0. The van der Waals surface area contributed by atoms with Crippen LogP contribution in [0.3, 0.4) is 0 Å². The van der Waals surface area contributed by atoms with Gasteiger partial charge in [0.1, 0.15) is 5.75 Å². The van der Waals surface area contributed by atoms with Gasteiger partial charge in [-0.25, -0.2) is 4.79 Å². The Labute approximate surface area is 226 Å². The fourth-order valence-electron chi connectivity index (χ4n) is 4.34. The molecule has 0 saturated carbocycles. The van der Waals surface area contributed by atoms with E-state index in [1.54, 1.807) is 0 Å². The molecule has 0 N–H and O–H groups in total. The van der Waals surface area contributed by atoms with Gasteiger partial charge < -0.3 is 9.47 Å². The van der Waals surface area contributed by atoms with E-state index in [1.807, 2.05) is 12.1 Å². The average molecular weight is 503 g/mol. The summed E-state index contributed by atoms with van der Waals surface area (Å²) in [4.78, 5) is 11.2. The third-order valence-corrected chi connectivity index (χ3v) is 6.43. The van der Waals surface area contributed by atoms with E-state index in [-0.39, 0.29) is 5.97 Å². The monoisotopic (exact) mass is 502 g/mol. The Balaban J connectivity index is 1.58. The van der Waals surface area contributed by atoms with E-state index in [0.29, 0.717) is 13.2 Å². The molecule has 38 heavy (non-hydrogen) atoms. The number of rotatable bonds is 12. The van der Waals surface area contributed by atoms with E-state index in [1.165, 1.54) is 22.8 Å². The zero-order valence-corrected chi connectivity index (χ0v) is 22.0. The summed E-state index contributed by atoms with van der Waals surface area (Å²) in [5.74, 6) is 0.498. The predicted molar refractivity (Wildman–Crippen MR) is 158 cm³/mol. The highest BCUT2D eigenvalue weighted by atomic mass is 16.5. The summed E-state index contributed by atoms with van der Waals surface area (Å²) in [6.07, 6.45) is 5.63. The van der Waals surface area contributed by atoms with Gasteiger partial charge in [0.15, 0.2) is 0 Å². The molecule has 0 aliphatic rings. The summed E-state index contributed by atoms with van der Waals surface area (Å²) >= 11 is 0. The fourth-order valence-corrected chi connectivity index (χ4v) is 4.34. The van der Waals surface area contributed by atoms with Crippen LogP contribution in [0.1, 0.15) is 30.9 Å². The molecule has 4 aromatic rings. The maximum atomic E-state index is 11.2. The molecule has 3 heteroatoms. The number of esters is 1. The van der Waals surface area contributed by atoms with Gasteiger partial charge in [0, 0.05) is 6.08 Å². The molecule has 0 aliphatic heterocycles. The second-order valence-electron chi connectivity index (χ2n) is 9.13. The van der Waals surface area contributed by atoms with Crippen molar-refractivity contribution >= 4 is 12.0 Å². The Morgan fingerprint density at radius 1 is 0.737 bits per heavy atom. The predicted octanol–water partition coefficient (Wildman–Crippen LogP) is 8.78. The Morgan fingerprint density at radius 3 is 1.97 bits per heavy atom. The summed E-state index contributed by atoms with van der Waals surface area (Å²) in [7, 11) is 0. The van der Waals surface area contributed by atoms with Crippen LogP contribution >= 0.6 is 0 Å². The number of hydrogen-bond donors (Lipinski definition) is 0. The van der Waals surface area contributed by atoms with Gasteiger partial charge in [0.2, 0.25) is 0 Å². The van der Waals surface area contributed by atoms with Gasteiger partial charge in [-0.15, -0.1) is 0 Å². The Morgan fingerprint density at radius 2 is 1.34 bits per heavy atom. The molecule has 0 saturated heterocycles. The Bertz CT molecular complexity index is 1360. The van der Waals surface area contributed by atoms with Crippen molar-refractivity contribution in [1.82, 2.24) is 0 Å². The Hall–Kier alpha value is -4.37. The Kier molecular flexibility index (Phi) is 9.31. The van der Waals surface area contributed by atoms with Gasteiger partial charge in [-0.3, -0.25) is 0 Å². The van der Waals surface area contributed by atoms with E-state index in [9.17, 15) is 4.79 Å². The van der Waals surface area contributed by atoms with Crippen LogP contribution in [0, 0.1) is 0 Å². The molecule has 0 radical (unpaired) electrons. The van der Waals surface area contributed by atoms with Crippen molar-refractivity contribution in [3.8, 4) is 39.1 Å². The highest BCUT2D eigenvalue weighted by molar-refractivity contribution is 5.85. The zero-order chi connectivity index (χ0) is 26.7. The highest BCUT2D eigenvalue weighted by Gasteiger charge is 2.11. The number of carbonyl (C=O) groups is 1. The molecule has 0 aromatic heterocycles. The molecule has 0 unspecified atom stereocenters. The summed E-state index contributed by atoms with van der Waals surface area (Å²) in [5.41, 5.74) is 9.25. The molecule has 3 nitrogen and oxygen atoms in total. The summed E-state index contributed by atoms with van der Waals surface area (Å²) in [5, 5.41) is 0. The molecule has 0 atom stereocenters. The molecular formula is C35H34O3. The van der Waals surface area contributed by atoms with Gasteiger partial charge in [-0.2, -0.15) is 0 Å². The molecule has 0 amide bonds. The highest BCUT2D eigenvalue weighted by Crippen LogP contribution is 2.36. The average Bonchev–Trinajstić information content (AvgIpc) is 2.98. The number of ether oxygens (including phenoxy) is 2. The van der Waals surface area contributed by atoms with Crippen molar-refractivity contribution in [2.45, 2.75) is 26.2 Å². The second kappa shape index (κ2) is 13.3. The molecule has 192 valence electrons. The van der Waals surface area contributed by atoms with Crippen molar-refractivity contribution in [1.29, 1.82) is 0 Å². The first-order valence-electron chi connectivity index (χ1n) is 13.1. The molecule has 0 heterocycles. The first-order valence-corrected chi connectivity index (χ1v) is 13.1. The third-order valence-electron chi connectivity index (χ3n) is 6.43. The fraction of sp³-hybridized carbons (Fsp3) is 0.171.